The maximum absolute atomic E-state index is 13.1. The average Bonchev–Trinajstić information content (AvgIpc) is 2.35. The Morgan fingerprint density at radius 2 is 2.37 bits per heavy atom. The number of benzene rings is 1. The van der Waals surface area contributed by atoms with Gasteiger partial charge in [0.1, 0.15) is 5.82 Å². The molecule has 0 spiro atoms. The van der Waals surface area contributed by atoms with Crippen LogP contribution in [-0.2, 0) is 9.53 Å². The van der Waals surface area contributed by atoms with Crippen molar-refractivity contribution >= 4 is 24.0 Å². The van der Waals surface area contributed by atoms with Crippen molar-refractivity contribution in [3.05, 3.63) is 29.6 Å². The number of hydrogen-bond acceptors (Lipinski definition) is 3. The van der Waals surface area contributed by atoms with Gasteiger partial charge in [0.05, 0.1) is 19.1 Å². The van der Waals surface area contributed by atoms with E-state index in [1.165, 1.54) is 6.07 Å². The fourth-order valence-corrected chi connectivity index (χ4v) is 1.89. The number of carbonyl (C=O) groups is 1. The zero-order valence-electron chi connectivity index (χ0n) is 10.7. The van der Waals surface area contributed by atoms with Gasteiger partial charge < -0.3 is 15.4 Å². The summed E-state index contributed by atoms with van der Waals surface area (Å²) in [6.07, 6.45) is 0.226. The van der Waals surface area contributed by atoms with Crippen LogP contribution in [0.1, 0.15) is 12.0 Å². The van der Waals surface area contributed by atoms with E-state index in [2.05, 4.69) is 10.6 Å². The first-order chi connectivity index (χ1) is 8.65. The fourth-order valence-electron chi connectivity index (χ4n) is 1.89. The van der Waals surface area contributed by atoms with Crippen LogP contribution in [0, 0.1) is 12.7 Å². The molecule has 0 saturated carbocycles. The number of morpholine rings is 1. The van der Waals surface area contributed by atoms with Gasteiger partial charge in [0.2, 0.25) is 5.91 Å². The molecule has 1 atom stereocenters. The van der Waals surface area contributed by atoms with Crippen molar-refractivity contribution in [3.8, 4) is 0 Å². The SMILES string of the molecule is Cc1cc(NC(=O)CC2CNCCO2)ccc1F.Cl. The first-order valence-electron chi connectivity index (χ1n) is 6.03. The van der Waals surface area contributed by atoms with Crippen molar-refractivity contribution < 1.29 is 13.9 Å². The molecule has 19 heavy (non-hydrogen) atoms. The second-order valence-corrected chi connectivity index (χ2v) is 4.41. The standard InChI is InChI=1S/C13H17FN2O2.ClH/c1-9-6-10(2-3-12(9)14)16-13(17)7-11-8-15-4-5-18-11;/h2-3,6,11,15H,4-5,7-8H2,1H3,(H,16,17);1H. The van der Waals surface area contributed by atoms with Crippen LogP contribution >= 0.6 is 12.4 Å². The molecular formula is C13H18ClFN2O2. The van der Waals surface area contributed by atoms with Crippen LogP contribution in [0.2, 0.25) is 0 Å². The van der Waals surface area contributed by atoms with Crippen LogP contribution in [0.5, 0.6) is 0 Å². The second kappa shape index (κ2) is 7.43. The van der Waals surface area contributed by atoms with Gasteiger partial charge in [-0.2, -0.15) is 0 Å². The Balaban J connectivity index is 0.00000180. The van der Waals surface area contributed by atoms with Crippen molar-refractivity contribution in [1.82, 2.24) is 5.32 Å². The van der Waals surface area contributed by atoms with Crippen molar-refractivity contribution in [1.29, 1.82) is 0 Å². The number of anilines is 1. The third kappa shape index (κ3) is 4.78. The first-order valence-corrected chi connectivity index (χ1v) is 6.03. The van der Waals surface area contributed by atoms with E-state index >= 15 is 0 Å². The third-order valence-corrected chi connectivity index (χ3v) is 2.86. The lowest BCUT2D eigenvalue weighted by Crippen LogP contribution is -2.40. The van der Waals surface area contributed by atoms with E-state index in [9.17, 15) is 9.18 Å². The highest BCUT2D eigenvalue weighted by atomic mass is 35.5. The van der Waals surface area contributed by atoms with Crippen molar-refractivity contribution in [2.75, 3.05) is 25.0 Å². The van der Waals surface area contributed by atoms with E-state index in [1.54, 1.807) is 19.1 Å². The Bertz CT molecular complexity index is 437. The van der Waals surface area contributed by atoms with Crippen molar-refractivity contribution in [3.63, 3.8) is 0 Å². The summed E-state index contributed by atoms with van der Waals surface area (Å²) in [7, 11) is 0. The molecule has 1 unspecified atom stereocenters. The molecule has 0 radical (unpaired) electrons. The predicted molar refractivity (Wildman–Crippen MR) is 74.2 cm³/mol. The molecule has 106 valence electrons. The molecule has 6 heteroatoms. The van der Waals surface area contributed by atoms with Crippen LogP contribution in [0.4, 0.5) is 10.1 Å². The predicted octanol–water partition coefficient (Wildman–Crippen LogP) is 1.87. The number of hydrogen-bond donors (Lipinski definition) is 2. The summed E-state index contributed by atoms with van der Waals surface area (Å²) in [6, 6.07) is 4.52. The lowest BCUT2D eigenvalue weighted by atomic mass is 10.2. The number of amides is 1. The maximum Gasteiger partial charge on any atom is 0.227 e. The normalized spacial score (nSPS) is 18.5. The largest absolute Gasteiger partial charge is 0.375 e. The zero-order chi connectivity index (χ0) is 13.0. The molecule has 0 bridgehead atoms. The number of rotatable bonds is 3. The minimum atomic E-state index is -0.271. The highest BCUT2D eigenvalue weighted by Gasteiger charge is 2.17. The Labute approximate surface area is 118 Å². The highest BCUT2D eigenvalue weighted by Crippen LogP contribution is 2.14. The van der Waals surface area contributed by atoms with E-state index in [-0.39, 0.29) is 30.2 Å². The second-order valence-electron chi connectivity index (χ2n) is 4.41. The van der Waals surface area contributed by atoms with Crippen molar-refractivity contribution in [2.45, 2.75) is 19.4 Å². The number of nitrogens with one attached hydrogen (secondary N) is 2. The Kier molecular flexibility index (Phi) is 6.21. The maximum atomic E-state index is 13.1. The van der Waals surface area contributed by atoms with Crippen molar-refractivity contribution in [2.24, 2.45) is 0 Å². The number of aryl methyl sites for hydroxylation is 1. The number of carbonyl (C=O) groups excluding carboxylic acids is 1. The van der Waals surface area contributed by atoms with E-state index < -0.39 is 0 Å². The molecule has 4 nitrogen and oxygen atoms in total. The molecule has 1 aromatic carbocycles. The van der Waals surface area contributed by atoms with Crippen LogP contribution in [-0.4, -0.2) is 31.7 Å². The molecule has 1 aliphatic rings. The molecule has 1 amide bonds. The molecule has 1 aliphatic heterocycles. The summed E-state index contributed by atoms with van der Waals surface area (Å²) in [6.45, 7) is 3.82. The molecule has 0 aromatic heterocycles. The molecule has 1 aromatic rings. The minimum absolute atomic E-state index is 0. The molecule has 1 saturated heterocycles. The third-order valence-electron chi connectivity index (χ3n) is 2.86. The lowest BCUT2D eigenvalue weighted by molar-refractivity contribution is -0.119. The van der Waals surface area contributed by atoms with E-state index in [4.69, 9.17) is 4.74 Å². The van der Waals surface area contributed by atoms with Gasteiger partial charge in [0.15, 0.2) is 0 Å². The molecule has 1 heterocycles. The van der Waals surface area contributed by atoms with Crippen LogP contribution in [0.15, 0.2) is 18.2 Å². The summed E-state index contributed by atoms with van der Waals surface area (Å²) in [5.41, 5.74) is 1.13. The summed E-state index contributed by atoms with van der Waals surface area (Å²) < 4.78 is 18.5. The van der Waals surface area contributed by atoms with Crippen LogP contribution in [0.3, 0.4) is 0 Å². The smallest absolute Gasteiger partial charge is 0.227 e. The van der Waals surface area contributed by atoms with Gasteiger partial charge in [-0.25, -0.2) is 4.39 Å². The molecular weight excluding hydrogens is 271 g/mol. The fraction of sp³-hybridized carbons (Fsp3) is 0.462. The Morgan fingerprint density at radius 1 is 1.58 bits per heavy atom. The van der Waals surface area contributed by atoms with Gasteiger partial charge >= 0.3 is 0 Å². The van der Waals surface area contributed by atoms with Gasteiger partial charge in [0, 0.05) is 18.8 Å². The molecule has 2 N–H and O–H groups in total. The van der Waals surface area contributed by atoms with Gasteiger partial charge in [0.25, 0.3) is 0 Å². The lowest BCUT2D eigenvalue weighted by Gasteiger charge is -2.23. The Hall–Kier alpha value is -1.17. The van der Waals surface area contributed by atoms with Gasteiger partial charge in [-0.15, -0.1) is 12.4 Å². The topological polar surface area (TPSA) is 50.4 Å². The monoisotopic (exact) mass is 288 g/mol. The summed E-state index contributed by atoms with van der Waals surface area (Å²) in [4.78, 5) is 11.8. The zero-order valence-corrected chi connectivity index (χ0v) is 11.6. The molecule has 2 rings (SSSR count). The number of ether oxygens (including phenoxy) is 1. The van der Waals surface area contributed by atoms with Gasteiger partial charge in [-0.1, -0.05) is 0 Å². The van der Waals surface area contributed by atoms with E-state index in [0.717, 1.165) is 6.54 Å². The average molecular weight is 289 g/mol. The van der Waals surface area contributed by atoms with Crippen LogP contribution < -0.4 is 10.6 Å². The van der Waals surface area contributed by atoms with Crippen LogP contribution in [0.25, 0.3) is 0 Å². The Morgan fingerprint density at radius 3 is 3.00 bits per heavy atom. The molecule has 1 fully saturated rings. The van der Waals surface area contributed by atoms with Gasteiger partial charge in [-0.05, 0) is 30.7 Å². The summed E-state index contributed by atoms with van der Waals surface area (Å²) >= 11 is 0. The van der Waals surface area contributed by atoms with E-state index in [1.807, 2.05) is 0 Å². The summed E-state index contributed by atoms with van der Waals surface area (Å²) in [5.74, 6) is -0.387. The first kappa shape index (κ1) is 15.9. The highest BCUT2D eigenvalue weighted by molar-refractivity contribution is 5.91. The van der Waals surface area contributed by atoms with Gasteiger partial charge in [-0.3, -0.25) is 4.79 Å². The minimum Gasteiger partial charge on any atom is -0.375 e. The van der Waals surface area contributed by atoms with E-state index in [0.29, 0.717) is 30.8 Å². The number of halogens is 2. The molecule has 0 aliphatic carbocycles. The summed E-state index contributed by atoms with van der Waals surface area (Å²) in [5, 5.41) is 5.91. The quantitative estimate of drug-likeness (QED) is 0.893.